The van der Waals surface area contributed by atoms with Crippen LogP contribution < -0.4 is 14.8 Å². The molecule has 0 amide bonds. The van der Waals surface area contributed by atoms with E-state index in [2.05, 4.69) is 55.4 Å². The fourth-order valence-electron chi connectivity index (χ4n) is 2.14. The number of benzene rings is 2. The van der Waals surface area contributed by atoms with Crippen LogP contribution in [0.15, 0.2) is 45.3 Å². The van der Waals surface area contributed by atoms with Crippen LogP contribution in [0, 0.1) is 0 Å². The number of halogens is 3. The van der Waals surface area contributed by atoms with Gasteiger partial charge in [0.05, 0.1) is 18.2 Å². The van der Waals surface area contributed by atoms with E-state index in [0.717, 1.165) is 39.1 Å². The lowest BCUT2D eigenvalue weighted by Gasteiger charge is -2.14. The van der Waals surface area contributed by atoms with Crippen molar-refractivity contribution in [3.63, 3.8) is 0 Å². The molecule has 0 unspecified atom stereocenters. The minimum Gasteiger partial charge on any atom is -0.497 e. The summed E-state index contributed by atoms with van der Waals surface area (Å²) in [4.78, 5) is 0. The van der Waals surface area contributed by atoms with Gasteiger partial charge in [-0.1, -0.05) is 28.1 Å². The highest BCUT2D eigenvalue weighted by Crippen LogP contribution is 2.33. The first-order chi connectivity index (χ1) is 10.6. The molecule has 0 aromatic heterocycles. The Morgan fingerprint density at radius 3 is 2.35 bits per heavy atom. The SMILES string of the molecule is CCOc1c(Br)cc(Br)cc1CNCc1ccc(OC)cc1.Cl. The van der Waals surface area contributed by atoms with E-state index in [1.807, 2.05) is 25.1 Å². The normalized spacial score (nSPS) is 10.1. The second-order valence-electron chi connectivity index (χ2n) is 4.76. The molecule has 1 N–H and O–H groups in total. The van der Waals surface area contributed by atoms with Crippen LogP contribution in [0.3, 0.4) is 0 Å². The highest BCUT2D eigenvalue weighted by atomic mass is 79.9. The number of ether oxygens (including phenoxy) is 2. The summed E-state index contributed by atoms with van der Waals surface area (Å²) in [5.41, 5.74) is 2.34. The fourth-order valence-corrected chi connectivity index (χ4v) is 3.56. The van der Waals surface area contributed by atoms with Crippen molar-refractivity contribution in [2.45, 2.75) is 20.0 Å². The van der Waals surface area contributed by atoms with Gasteiger partial charge in [0.15, 0.2) is 0 Å². The first-order valence-corrected chi connectivity index (χ1v) is 8.67. The highest BCUT2D eigenvalue weighted by molar-refractivity contribution is 9.11. The summed E-state index contributed by atoms with van der Waals surface area (Å²) in [6, 6.07) is 12.1. The zero-order valence-corrected chi connectivity index (χ0v) is 17.1. The maximum atomic E-state index is 5.73. The average molecular weight is 466 g/mol. The first-order valence-electron chi connectivity index (χ1n) is 7.08. The number of hydrogen-bond donors (Lipinski definition) is 1. The Labute approximate surface area is 160 Å². The monoisotopic (exact) mass is 463 g/mol. The van der Waals surface area contributed by atoms with E-state index < -0.39 is 0 Å². The molecule has 0 spiro atoms. The number of nitrogens with one attached hydrogen (secondary N) is 1. The lowest BCUT2D eigenvalue weighted by molar-refractivity contribution is 0.333. The molecule has 0 atom stereocenters. The predicted molar refractivity (Wildman–Crippen MR) is 104 cm³/mol. The third-order valence-corrected chi connectivity index (χ3v) is 4.22. The van der Waals surface area contributed by atoms with Crippen molar-refractivity contribution in [3.8, 4) is 11.5 Å². The lowest BCUT2D eigenvalue weighted by Crippen LogP contribution is -2.14. The molecule has 0 aliphatic rings. The maximum Gasteiger partial charge on any atom is 0.138 e. The van der Waals surface area contributed by atoms with Crippen LogP contribution in [0.4, 0.5) is 0 Å². The Bertz CT molecular complexity index is 621. The van der Waals surface area contributed by atoms with Crippen molar-refractivity contribution in [3.05, 3.63) is 56.5 Å². The van der Waals surface area contributed by atoms with Crippen molar-refractivity contribution in [1.82, 2.24) is 5.32 Å². The van der Waals surface area contributed by atoms with Gasteiger partial charge in [-0.15, -0.1) is 12.4 Å². The summed E-state index contributed by atoms with van der Waals surface area (Å²) in [7, 11) is 1.67. The second-order valence-corrected chi connectivity index (χ2v) is 6.53. The van der Waals surface area contributed by atoms with Crippen LogP contribution in [0.1, 0.15) is 18.1 Å². The largest absolute Gasteiger partial charge is 0.497 e. The third-order valence-electron chi connectivity index (χ3n) is 3.18. The molecule has 0 heterocycles. The molecule has 0 saturated carbocycles. The van der Waals surface area contributed by atoms with Crippen LogP contribution in [-0.2, 0) is 13.1 Å². The molecular weight excluding hydrogens is 445 g/mol. The topological polar surface area (TPSA) is 30.5 Å². The third kappa shape index (κ3) is 5.99. The van der Waals surface area contributed by atoms with E-state index in [4.69, 9.17) is 9.47 Å². The van der Waals surface area contributed by atoms with E-state index in [-0.39, 0.29) is 12.4 Å². The number of hydrogen-bond acceptors (Lipinski definition) is 3. The molecule has 2 rings (SSSR count). The van der Waals surface area contributed by atoms with Crippen LogP contribution in [-0.4, -0.2) is 13.7 Å². The summed E-state index contributed by atoms with van der Waals surface area (Å²) >= 11 is 7.08. The summed E-state index contributed by atoms with van der Waals surface area (Å²) in [6.07, 6.45) is 0. The Morgan fingerprint density at radius 1 is 1.04 bits per heavy atom. The van der Waals surface area contributed by atoms with Gasteiger partial charge in [-0.2, -0.15) is 0 Å². The van der Waals surface area contributed by atoms with E-state index in [1.54, 1.807) is 7.11 Å². The van der Waals surface area contributed by atoms with Gasteiger partial charge >= 0.3 is 0 Å². The maximum absolute atomic E-state index is 5.73. The Kier molecular flexibility index (Phi) is 8.99. The molecular formula is C17H20Br2ClNO2. The smallest absolute Gasteiger partial charge is 0.138 e. The molecule has 2 aromatic rings. The molecule has 0 fully saturated rings. The Morgan fingerprint density at radius 2 is 1.74 bits per heavy atom. The number of rotatable bonds is 7. The second kappa shape index (κ2) is 10.2. The van der Waals surface area contributed by atoms with Gasteiger partial charge in [-0.25, -0.2) is 0 Å². The molecule has 0 saturated heterocycles. The molecule has 0 bridgehead atoms. The van der Waals surface area contributed by atoms with Crippen molar-refractivity contribution in [2.75, 3.05) is 13.7 Å². The molecule has 0 aliphatic heterocycles. The zero-order chi connectivity index (χ0) is 15.9. The lowest BCUT2D eigenvalue weighted by atomic mass is 10.2. The molecule has 2 aromatic carbocycles. The molecule has 126 valence electrons. The Hall–Kier alpha value is -0.750. The number of methoxy groups -OCH3 is 1. The molecule has 6 heteroatoms. The standard InChI is InChI=1S/C17H19Br2NO2.ClH/c1-3-22-17-13(8-14(18)9-16(17)19)11-20-10-12-4-6-15(21-2)7-5-12;/h4-9,20H,3,10-11H2,1-2H3;1H. The molecule has 0 radical (unpaired) electrons. The summed E-state index contributed by atoms with van der Waals surface area (Å²) < 4.78 is 12.9. The predicted octanol–water partition coefficient (Wildman–Crippen LogP) is 5.33. The first kappa shape index (κ1) is 20.3. The van der Waals surface area contributed by atoms with Crippen LogP contribution in [0.2, 0.25) is 0 Å². The van der Waals surface area contributed by atoms with Crippen LogP contribution in [0.25, 0.3) is 0 Å². The van der Waals surface area contributed by atoms with E-state index in [1.165, 1.54) is 5.56 Å². The molecule has 23 heavy (non-hydrogen) atoms. The van der Waals surface area contributed by atoms with Crippen molar-refractivity contribution >= 4 is 44.3 Å². The summed E-state index contributed by atoms with van der Waals surface area (Å²) in [5.74, 6) is 1.77. The van der Waals surface area contributed by atoms with Crippen LogP contribution in [0.5, 0.6) is 11.5 Å². The van der Waals surface area contributed by atoms with Gasteiger partial charge in [0.25, 0.3) is 0 Å². The van der Waals surface area contributed by atoms with Gasteiger partial charge in [0.1, 0.15) is 11.5 Å². The molecule has 3 nitrogen and oxygen atoms in total. The average Bonchev–Trinajstić information content (AvgIpc) is 2.51. The van der Waals surface area contributed by atoms with Gasteiger partial charge in [-0.05, 0) is 52.7 Å². The van der Waals surface area contributed by atoms with Gasteiger partial charge in [0.2, 0.25) is 0 Å². The van der Waals surface area contributed by atoms with E-state index >= 15 is 0 Å². The van der Waals surface area contributed by atoms with Gasteiger partial charge in [0, 0.05) is 23.1 Å². The van der Waals surface area contributed by atoms with Gasteiger partial charge < -0.3 is 14.8 Å². The van der Waals surface area contributed by atoms with Crippen molar-refractivity contribution < 1.29 is 9.47 Å². The summed E-state index contributed by atoms with van der Waals surface area (Å²) in [6.45, 7) is 4.16. The van der Waals surface area contributed by atoms with Crippen molar-refractivity contribution in [2.24, 2.45) is 0 Å². The van der Waals surface area contributed by atoms with Crippen LogP contribution >= 0.6 is 44.3 Å². The quantitative estimate of drug-likeness (QED) is 0.600. The van der Waals surface area contributed by atoms with Gasteiger partial charge in [-0.3, -0.25) is 0 Å². The molecule has 0 aliphatic carbocycles. The minimum atomic E-state index is 0. The highest BCUT2D eigenvalue weighted by Gasteiger charge is 2.09. The minimum absolute atomic E-state index is 0. The van der Waals surface area contributed by atoms with Crippen molar-refractivity contribution in [1.29, 1.82) is 0 Å². The fraction of sp³-hybridized carbons (Fsp3) is 0.294. The zero-order valence-electron chi connectivity index (χ0n) is 13.1. The van der Waals surface area contributed by atoms with E-state index in [0.29, 0.717) is 6.61 Å². The Balaban J connectivity index is 0.00000264. The van der Waals surface area contributed by atoms with E-state index in [9.17, 15) is 0 Å². The summed E-state index contributed by atoms with van der Waals surface area (Å²) in [5, 5.41) is 3.45.